The van der Waals surface area contributed by atoms with Crippen LogP contribution in [0.1, 0.15) is 28.8 Å². The van der Waals surface area contributed by atoms with Gasteiger partial charge in [-0.2, -0.15) is 0 Å². The summed E-state index contributed by atoms with van der Waals surface area (Å²) in [6.07, 6.45) is 2.72. The number of nitrogens with two attached hydrogens (primary N) is 1. The van der Waals surface area contributed by atoms with Gasteiger partial charge in [0.2, 0.25) is 0 Å². The van der Waals surface area contributed by atoms with Crippen molar-refractivity contribution in [3.05, 3.63) is 35.4 Å². The molecule has 0 unspecified atom stereocenters. The van der Waals surface area contributed by atoms with Gasteiger partial charge in [-0.3, -0.25) is 0 Å². The standard InChI is InChI=1S/C15H21NO3/c16-7-4-12-2-1-3-14(10-12)15(17)19-11-13-5-8-18-9-6-13/h1-3,10,13H,4-9,11,16H2. The van der Waals surface area contributed by atoms with Gasteiger partial charge < -0.3 is 15.2 Å². The van der Waals surface area contributed by atoms with Crippen molar-refractivity contribution in [2.24, 2.45) is 11.7 Å². The molecular formula is C15H21NO3. The molecule has 0 bridgehead atoms. The summed E-state index contributed by atoms with van der Waals surface area (Å²) in [4.78, 5) is 12.0. The van der Waals surface area contributed by atoms with E-state index in [1.165, 1.54) is 0 Å². The topological polar surface area (TPSA) is 61.6 Å². The van der Waals surface area contributed by atoms with Gasteiger partial charge in [0.05, 0.1) is 12.2 Å². The molecule has 0 saturated carbocycles. The van der Waals surface area contributed by atoms with E-state index in [1.807, 2.05) is 18.2 Å². The molecule has 1 aliphatic rings. The van der Waals surface area contributed by atoms with E-state index in [-0.39, 0.29) is 5.97 Å². The molecule has 1 aromatic carbocycles. The zero-order valence-electron chi connectivity index (χ0n) is 11.1. The Morgan fingerprint density at radius 2 is 2.16 bits per heavy atom. The number of benzene rings is 1. The van der Waals surface area contributed by atoms with Crippen molar-refractivity contribution in [3.8, 4) is 0 Å². The number of hydrogen-bond acceptors (Lipinski definition) is 4. The highest BCUT2D eigenvalue weighted by Crippen LogP contribution is 2.16. The SMILES string of the molecule is NCCc1cccc(C(=O)OCC2CCOCC2)c1. The molecule has 1 heterocycles. The molecule has 1 saturated heterocycles. The highest BCUT2D eigenvalue weighted by molar-refractivity contribution is 5.89. The quantitative estimate of drug-likeness (QED) is 0.822. The molecule has 1 aromatic rings. The Balaban J connectivity index is 1.86. The normalized spacial score (nSPS) is 16.3. The minimum atomic E-state index is -0.245. The Morgan fingerprint density at radius 3 is 2.89 bits per heavy atom. The second-order valence-electron chi connectivity index (χ2n) is 4.89. The van der Waals surface area contributed by atoms with Crippen molar-refractivity contribution in [2.75, 3.05) is 26.4 Å². The molecule has 0 aliphatic carbocycles. The van der Waals surface area contributed by atoms with Crippen LogP contribution in [0, 0.1) is 5.92 Å². The average molecular weight is 263 g/mol. The fourth-order valence-electron chi connectivity index (χ4n) is 2.21. The van der Waals surface area contributed by atoms with Crippen molar-refractivity contribution >= 4 is 5.97 Å². The van der Waals surface area contributed by atoms with Crippen LogP contribution in [-0.4, -0.2) is 32.3 Å². The van der Waals surface area contributed by atoms with E-state index in [0.717, 1.165) is 38.0 Å². The average Bonchev–Trinajstić information content (AvgIpc) is 2.46. The molecule has 0 amide bonds. The molecule has 1 fully saturated rings. The van der Waals surface area contributed by atoms with Crippen LogP contribution in [0.3, 0.4) is 0 Å². The van der Waals surface area contributed by atoms with E-state index in [1.54, 1.807) is 6.07 Å². The van der Waals surface area contributed by atoms with E-state index in [9.17, 15) is 4.79 Å². The highest BCUT2D eigenvalue weighted by Gasteiger charge is 2.16. The van der Waals surface area contributed by atoms with Crippen molar-refractivity contribution in [2.45, 2.75) is 19.3 Å². The summed E-state index contributed by atoms with van der Waals surface area (Å²) >= 11 is 0. The molecule has 0 aromatic heterocycles. The predicted molar refractivity (Wildman–Crippen MR) is 73.0 cm³/mol. The van der Waals surface area contributed by atoms with Crippen LogP contribution in [0.5, 0.6) is 0 Å². The number of carbonyl (C=O) groups is 1. The zero-order chi connectivity index (χ0) is 13.5. The predicted octanol–water partition coefficient (Wildman–Crippen LogP) is 1.77. The van der Waals surface area contributed by atoms with Crippen molar-refractivity contribution in [1.29, 1.82) is 0 Å². The smallest absolute Gasteiger partial charge is 0.338 e. The Bertz CT molecular complexity index is 414. The minimum Gasteiger partial charge on any atom is -0.462 e. The summed E-state index contributed by atoms with van der Waals surface area (Å²) in [5.74, 6) is 0.190. The van der Waals surface area contributed by atoms with E-state index >= 15 is 0 Å². The van der Waals surface area contributed by atoms with Gasteiger partial charge in [0, 0.05) is 13.2 Å². The summed E-state index contributed by atoms with van der Waals surface area (Å²) < 4.78 is 10.7. The molecule has 0 radical (unpaired) electrons. The molecule has 4 nitrogen and oxygen atoms in total. The molecule has 2 rings (SSSR count). The van der Waals surface area contributed by atoms with Gasteiger partial charge in [-0.15, -0.1) is 0 Å². The lowest BCUT2D eigenvalue weighted by Gasteiger charge is -2.21. The molecule has 2 N–H and O–H groups in total. The molecule has 4 heteroatoms. The Labute approximate surface area is 113 Å². The number of ether oxygens (including phenoxy) is 2. The van der Waals surface area contributed by atoms with Gasteiger partial charge in [-0.1, -0.05) is 12.1 Å². The Kier molecular flexibility index (Phi) is 5.36. The number of esters is 1. The molecule has 1 aliphatic heterocycles. The van der Waals surface area contributed by atoms with E-state index in [4.69, 9.17) is 15.2 Å². The lowest BCUT2D eigenvalue weighted by Crippen LogP contribution is -2.22. The molecule has 0 spiro atoms. The maximum atomic E-state index is 12.0. The number of carbonyl (C=O) groups excluding carboxylic acids is 1. The summed E-state index contributed by atoms with van der Waals surface area (Å²) in [7, 11) is 0. The van der Waals surface area contributed by atoms with Crippen LogP contribution in [0.15, 0.2) is 24.3 Å². The molecule has 0 atom stereocenters. The van der Waals surface area contributed by atoms with Crippen LogP contribution >= 0.6 is 0 Å². The van der Waals surface area contributed by atoms with Crippen LogP contribution in [0.2, 0.25) is 0 Å². The van der Waals surface area contributed by atoms with Crippen LogP contribution in [0.25, 0.3) is 0 Å². The first kappa shape index (κ1) is 14.0. The van der Waals surface area contributed by atoms with Gasteiger partial charge >= 0.3 is 5.97 Å². The van der Waals surface area contributed by atoms with E-state index in [2.05, 4.69) is 0 Å². The summed E-state index contributed by atoms with van der Waals surface area (Å²) in [5, 5.41) is 0. The van der Waals surface area contributed by atoms with Gasteiger partial charge in [0.25, 0.3) is 0 Å². The van der Waals surface area contributed by atoms with E-state index < -0.39 is 0 Å². The molecule has 104 valence electrons. The van der Waals surface area contributed by atoms with Crippen LogP contribution in [-0.2, 0) is 15.9 Å². The molecule has 19 heavy (non-hydrogen) atoms. The molecular weight excluding hydrogens is 242 g/mol. The third kappa shape index (κ3) is 4.33. The lowest BCUT2D eigenvalue weighted by molar-refractivity contribution is 0.0185. The van der Waals surface area contributed by atoms with Gasteiger partial charge in [-0.05, 0) is 49.4 Å². The fourth-order valence-corrected chi connectivity index (χ4v) is 2.21. The van der Waals surface area contributed by atoms with Gasteiger partial charge in [-0.25, -0.2) is 4.79 Å². The zero-order valence-corrected chi connectivity index (χ0v) is 11.1. The lowest BCUT2D eigenvalue weighted by atomic mass is 10.0. The van der Waals surface area contributed by atoms with Crippen molar-refractivity contribution in [1.82, 2.24) is 0 Å². The maximum absolute atomic E-state index is 12.0. The summed E-state index contributed by atoms with van der Waals surface area (Å²) in [5.41, 5.74) is 7.20. The second kappa shape index (κ2) is 7.26. The number of rotatable bonds is 5. The monoisotopic (exact) mass is 263 g/mol. The van der Waals surface area contributed by atoms with Gasteiger partial charge in [0.15, 0.2) is 0 Å². The first-order valence-corrected chi connectivity index (χ1v) is 6.83. The van der Waals surface area contributed by atoms with Crippen LogP contribution in [0.4, 0.5) is 0 Å². The third-order valence-electron chi connectivity index (χ3n) is 3.39. The van der Waals surface area contributed by atoms with E-state index in [0.29, 0.717) is 24.6 Å². The number of hydrogen-bond donors (Lipinski definition) is 1. The largest absolute Gasteiger partial charge is 0.462 e. The fraction of sp³-hybridized carbons (Fsp3) is 0.533. The second-order valence-corrected chi connectivity index (χ2v) is 4.89. The Hall–Kier alpha value is -1.39. The highest BCUT2D eigenvalue weighted by atomic mass is 16.5. The van der Waals surface area contributed by atoms with Crippen molar-refractivity contribution in [3.63, 3.8) is 0 Å². The summed E-state index contributed by atoms with van der Waals surface area (Å²) in [6, 6.07) is 7.49. The summed E-state index contributed by atoms with van der Waals surface area (Å²) in [6.45, 7) is 2.62. The van der Waals surface area contributed by atoms with Gasteiger partial charge in [0.1, 0.15) is 0 Å². The maximum Gasteiger partial charge on any atom is 0.338 e. The minimum absolute atomic E-state index is 0.245. The first-order chi connectivity index (χ1) is 9.29. The van der Waals surface area contributed by atoms with Crippen molar-refractivity contribution < 1.29 is 14.3 Å². The Morgan fingerprint density at radius 1 is 1.37 bits per heavy atom. The third-order valence-corrected chi connectivity index (χ3v) is 3.39. The first-order valence-electron chi connectivity index (χ1n) is 6.83. The van der Waals surface area contributed by atoms with Crippen LogP contribution < -0.4 is 5.73 Å².